The number of pyridine rings is 1. The molecule has 0 saturated heterocycles. The molecule has 0 aliphatic carbocycles. The van der Waals surface area contributed by atoms with Gasteiger partial charge < -0.3 is 11.1 Å². The van der Waals surface area contributed by atoms with Crippen LogP contribution in [0.15, 0.2) is 30.6 Å². The van der Waals surface area contributed by atoms with Gasteiger partial charge in [0.1, 0.15) is 0 Å². The first-order valence-electron chi connectivity index (χ1n) is 6.16. The summed E-state index contributed by atoms with van der Waals surface area (Å²) >= 11 is 0. The van der Waals surface area contributed by atoms with Gasteiger partial charge in [0.2, 0.25) is 0 Å². The van der Waals surface area contributed by atoms with Gasteiger partial charge in [-0.3, -0.25) is 19.9 Å². The zero-order valence-corrected chi connectivity index (χ0v) is 11.6. The maximum atomic E-state index is 12.2. The number of carbonyl (C=O) groups is 1. The molecule has 0 saturated carbocycles. The van der Waals surface area contributed by atoms with E-state index in [2.05, 4.69) is 10.3 Å². The van der Waals surface area contributed by atoms with E-state index in [0.29, 0.717) is 22.5 Å². The Kier molecular flexibility index (Phi) is 3.84. The van der Waals surface area contributed by atoms with Crippen LogP contribution in [-0.2, 0) is 0 Å². The number of nitrogens with zero attached hydrogens (tertiary/aromatic N) is 2. The number of nitro groups is 1. The number of rotatable bonds is 3. The van der Waals surface area contributed by atoms with Crippen molar-refractivity contribution in [2.75, 3.05) is 11.1 Å². The first-order chi connectivity index (χ1) is 9.90. The summed E-state index contributed by atoms with van der Waals surface area (Å²) in [5, 5.41) is 13.6. The third-order valence-electron chi connectivity index (χ3n) is 3.09. The average Bonchev–Trinajstić information content (AvgIpc) is 2.42. The molecule has 1 aromatic heterocycles. The maximum absolute atomic E-state index is 12.2. The van der Waals surface area contributed by atoms with E-state index in [0.717, 1.165) is 0 Å². The molecule has 7 heteroatoms. The highest BCUT2D eigenvalue weighted by molar-refractivity contribution is 6.07. The Morgan fingerprint density at radius 1 is 1.33 bits per heavy atom. The van der Waals surface area contributed by atoms with Gasteiger partial charge in [-0.1, -0.05) is 0 Å². The van der Waals surface area contributed by atoms with Gasteiger partial charge in [-0.2, -0.15) is 0 Å². The normalized spacial score (nSPS) is 10.2. The molecule has 0 spiro atoms. The van der Waals surface area contributed by atoms with Gasteiger partial charge in [0.15, 0.2) is 0 Å². The molecule has 0 fully saturated rings. The molecule has 2 rings (SSSR count). The highest BCUT2D eigenvalue weighted by atomic mass is 16.6. The molecule has 0 aliphatic heterocycles. The summed E-state index contributed by atoms with van der Waals surface area (Å²) in [6.07, 6.45) is 2.87. The van der Waals surface area contributed by atoms with Crippen molar-refractivity contribution in [3.05, 3.63) is 57.4 Å². The molecular weight excluding hydrogens is 272 g/mol. The lowest BCUT2D eigenvalue weighted by Gasteiger charge is -2.10. The number of nitrogens with two attached hydrogens (primary N) is 1. The molecule has 0 bridgehead atoms. The van der Waals surface area contributed by atoms with Crippen molar-refractivity contribution >= 4 is 23.0 Å². The predicted octanol–water partition coefficient (Wildman–Crippen LogP) is 2.44. The number of hydrogen-bond donors (Lipinski definition) is 2. The average molecular weight is 286 g/mol. The second-order valence-corrected chi connectivity index (χ2v) is 4.63. The van der Waals surface area contributed by atoms with E-state index in [1.54, 1.807) is 19.9 Å². The lowest BCUT2D eigenvalue weighted by molar-refractivity contribution is -0.385. The summed E-state index contributed by atoms with van der Waals surface area (Å²) in [5.41, 5.74) is 7.89. The highest BCUT2D eigenvalue weighted by Gasteiger charge is 2.16. The van der Waals surface area contributed by atoms with E-state index in [-0.39, 0.29) is 11.3 Å². The van der Waals surface area contributed by atoms with Gasteiger partial charge in [0.25, 0.3) is 11.6 Å². The Morgan fingerprint density at radius 2 is 2.05 bits per heavy atom. The van der Waals surface area contributed by atoms with Crippen LogP contribution in [0.25, 0.3) is 0 Å². The van der Waals surface area contributed by atoms with E-state index in [4.69, 9.17) is 5.73 Å². The van der Waals surface area contributed by atoms with E-state index < -0.39 is 10.8 Å². The predicted molar refractivity (Wildman–Crippen MR) is 79.2 cm³/mol. The van der Waals surface area contributed by atoms with Gasteiger partial charge in [-0.25, -0.2) is 0 Å². The monoisotopic (exact) mass is 286 g/mol. The maximum Gasteiger partial charge on any atom is 0.272 e. The van der Waals surface area contributed by atoms with E-state index in [9.17, 15) is 14.9 Å². The number of nitrogen functional groups attached to an aromatic ring is 1. The largest absolute Gasteiger partial charge is 0.398 e. The SMILES string of the molecule is Cc1cc([N+](=O)[O-])c(C)cc1NC(=O)c1cnccc1N. The quantitative estimate of drug-likeness (QED) is 0.665. The Hall–Kier alpha value is -2.96. The van der Waals surface area contributed by atoms with Crippen LogP contribution in [0.5, 0.6) is 0 Å². The number of aryl methyl sites for hydroxylation is 2. The summed E-state index contributed by atoms with van der Waals surface area (Å²) in [5.74, 6) is -0.406. The van der Waals surface area contributed by atoms with Crippen LogP contribution in [-0.4, -0.2) is 15.8 Å². The number of nitrogens with one attached hydrogen (secondary N) is 1. The minimum absolute atomic E-state index is 0.0198. The van der Waals surface area contributed by atoms with Crippen LogP contribution < -0.4 is 11.1 Å². The molecule has 0 radical (unpaired) electrons. The van der Waals surface area contributed by atoms with Crippen LogP contribution in [0.3, 0.4) is 0 Å². The number of nitro benzene ring substituents is 1. The van der Waals surface area contributed by atoms with Crippen molar-refractivity contribution in [1.82, 2.24) is 4.98 Å². The third-order valence-corrected chi connectivity index (χ3v) is 3.09. The molecule has 0 unspecified atom stereocenters. The van der Waals surface area contributed by atoms with Crippen molar-refractivity contribution in [1.29, 1.82) is 0 Å². The van der Waals surface area contributed by atoms with Crippen LogP contribution in [0, 0.1) is 24.0 Å². The molecule has 1 amide bonds. The lowest BCUT2D eigenvalue weighted by atomic mass is 10.1. The lowest BCUT2D eigenvalue weighted by Crippen LogP contribution is -2.15. The topological polar surface area (TPSA) is 111 Å². The molecule has 2 aromatic rings. The first kappa shape index (κ1) is 14.4. The number of hydrogen-bond acceptors (Lipinski definition) is 5. The molecule has 21 heavy (non-hydrogen) atoms. The fourth-order valence-corrected chi connectivity index (χ4v) is 1.92. The fourth-order valence-electron chi connectivity index (χ4n) is 1.92. The van der Waals surface area contributed by atoms with Crippen molar-refractivity contribution in [2.45, 2.75) is 13.8 Å². The number of aromatic nitrogens is 1. The smallest absolute Gasteiger partial charge is 0.272 e. The van der Waals surface area contributed by atoms with Gasteiger partial charge in [-0.15, -0.1) is 0 Å². The van der Waals surface area contributed by atoms with Gasteiger partial charge in [0, 0.05) is 35.4 Å². The van der Waals surface area contributed by atoms with Crippen LogP contribution >= 0.6 is 0 Å². The summed E-state index contributed by atoms with van der Waals surface area (Å²) < 4.78 is 0. The zero-order valence-electron chi connectivity index (χ0n) is 11.6. The minimum atomic E-state index is -0.451. The third kappa shape index (κ3) is 2.97. The number of anilines is 2. The first-order valence-corrected chi connectivity index (χ1v) is 6.16. The Morgan fingerprint density at radius 3 is 2.67 bits per heavy atom. The molecule has 108 valence electrons. The van der Waals surface area contributed by atoms with Crippen LogP contribution in [0.4, 0.5) is 17.1 Å². The molecule has 1 aromatic carbocycles. The van der Waals surface area contributed by atoms with Gasteiger partial charge in [0.05, 0.1) is 10.5 Å². The summed E-state index contributed by atoms with van der Waals surface area (Å²) in [6, 6.07) is 4.53. The van der Waals surface area contributed by atoms with Crippen molar-refractivity contribution in [3.8, 4) is 0 Å². The summed E-state index contributed by atoms with van der Waals surface area (Å²) in [6.45, 7) is 3.31. The molecule has 0 aliphatic rings. The number of carbonyl (C=O) groups excluding carboxylic acids is 1. The molecule has 7 nitrogen and oxygen atoms in total. The molecule has 1 heterocycles. The van der Waals surface area contributed by atoms with E-state index in [1.807, 2.05) is 0 Å². The van der Waals surface area contributed by atoms with Crippen molar-refractivity contribution in [3.63, 3.8) is 0 Å². The Bertz CT molecular complexity index is 728. The second kappa shape index (κ2) is 5.58. The van der Waals surface area contributed by atoms with Crippen LogP contribution in [0.2, 0.25) is 0 Å². The second-order valence-electron chi connectivity index (χ2n) is 4.63. The van der Waals surface area contributed by atoms with Crippen LogP contribution in [0.1, 0.15) is 21.5 Å². The van der Waals surface area contributed by atoms with Gasteiger partial charge >= 0.3 is 0 Å². The van der Waals surface area contributed by atoms with E-state index in [1.165, 1.54) is 24.5 Å². The highest BCUT2D eigenvalue weighted by Crippen LogP contribution is 2.26. The fraction of sp³-hybridized carbons (Fsp3) is 0.143. The molecule has 0 atom stereocenters. The van der Waals surface area contributed by atoms with Crippen molar-refractivity contribution < 1.29 is 9.72 Å². The number of amides is 1. The Labute approximate surface area is 121 Å². The molecular formula is C14H14N4O3. The van der Waals surface area contributed by atoms with Gasteiger partial charge in [-0.05, 0) is 31.5 Å². The molecule has 3 N–H and O–H groups in total. The van der Waals surface area contributed by atoms with E-state index >= 15 is 0 Å². The van der Waals surface area contributed by atoms with Crippen molar-refractivity contribution in [2.24, 2.45) is 0 Å². The Balaban J connectivity index is 2.32. The zero-order chi connectivity index (χ0) is 15.6. The summed E-state index contributed by atoms with van der Waals surface area (Å²) in [7, 11) is 0. The summed E-state index contributed by atoms with van der Waals surface area (Å²) in [4.78, 5) is 26.4. The minimum Gasteiger partial charge on any atom is -0.398 e. The standard InChI is InChI=1S/C14H14N4O3/c1-8-6-13(18(20)21)9(2)5-12(8)17-14(19)10-7-16-4-3-11(10)15/h3-7H,1-2H3,(H2,15,16)(H,17,19). The number of benzene rings is 1.